The number of hydrogen-bond donors (Lipinski definition) is 2. The summed E-state index contributed by atoms with van der Waals surface area (Å²) in [6, 6.07) is 1.40. The van der Waals surface area contributed by atoms with E-state index in [1.165, 1.54) is 24.8 Å². The Labute approximate surface area is 104 Å². The molecule has 0 unspecified atom stereocenters. The number of anilines is 1. The van der Waals surface area contributed by atoms with Gasteiger partial charge in [-0.15, -0.1) is 0 Å². The highest BCUT2D eigenvalue weighted by Gasteiger charge is 2.21. The van der Waals surface area contributed by atoms with E-state index in [1.807, 2.05) is 0 Å². The van der Waals surface area contributed by atoms with Crippen LogP contribution < -0.4 is 10.5 Å². The molecule has 0 radical (unpaired) electrons. The molecule has 0 bridgehead atoms. The number of nitrogens with zero attached hydrogens (tertiary/aromatic N) is 2. The first-order chi connectivity index (χ1) is 8.53. The third-order valence-corrected chi connectivity index (χ3v) is 3.72. The highest BCUT2D eigenvalue weighted by molar-refractivity contribution is 7.92. The molecule has 0 fully saturated rings. The summed E-state index contributed by atoms with van der Waals surface area (Å²) in [6.45, 7) is 1.71. The second kappa shape index (κ2) is 4.75. The molecule has 2 rings (SSSR count). The molecule has 0 saturated heterocycles. The van der Waals surface area contributed by atoms with Crippen LogP contribution in [0.25, 0.3) is 0 Å². The lowest BCUT2D eigenvalue weighted by Crippen LogP contribution is -2.13. The third-order valence-electron chi connectivity index (χ3n) is 2.23. The van der Waals surface area contributed by atoms with Crippen molar-refractivity contribution < 1.29 is 12.8 Å². The summed E-state index contributed by atoms with van der Waals surface area (Å²) in [6.07, 6.45) is 4.04. The summed E-state index contributed by atoms with van der Waals surface area (Å²) < 4.78 is 31.7. The second-order valence-electron chi connectivity index (χ2n) is 3.57. The molecule has 0 saturated carbocycles. The van der Waals surface area contributed by atoms with Crippen LogP contribution in [0.15, 0.2) is 34.1 Å². The Bertz CT molecular complexity index is 636. The number of nitrogens with one attached hydrogen (secondary N) is 1. The van der Waals surface area contributed by atoms with Gasteiger partial charge in [0.2, 0.25) is 0 Å². The van der Waals surface area contributed by atoms with Crippen molar-refractivity contribution >= 4 is 15.7 Å². The van der Waals surface area contributed by atoms with E-state index in [9.17, 15) is 8.42 Å². The average molecular weight is 268 g/mol. The fourth-order valence-corrected chi connectivity index (χ4v) is 2.69. The number of nitrogens with two attached hydrogens (primary N) is 1. The van der Waals surface area contributed by atoms with Gasteiger partial charge in [-0.25, -0.2) is 18.4 Å². The van der Waals surface area contributed by atoms with Crippen LogP contribution in [-0.2, 0) is 16.6 Å². The van der Waals surface area contributed by atoms with Gasteiger partial charge in [0.25, 0.3) is 10.0 Å². The zero-order chi connectivity index (χ0) is 13.2. The van der Waals surface area contributed by atoms with Gasteiger partial charge >= 0.3 is 0 Å². The number of aromatic nitrogens is 2. The van der Waals surface area contributed by atoms with E-state index in [0.29, 0.717) is 11.5 Å². The maximum absolute atomic E-state index is 12.1. The Morgan fingerprint density at radius 3 is 2.61 bits per heavy atom. The van der Waals surface area contributed by atoms with E-state index < -0.39 is 10.0 Å². The van der Waals surface area contributed by atoms with Crippen molar-refractivity contribution in [1.29, 1.82) is 0 Å². The van der Waals surface area contributed by atoms with E-state index in [1.54, 1.807) is 6.92 Å². The molecule has 2 aromatic heterocycles. The van der Waals surface area contributed by atoms with Crippen molar-refractivity contribution in [3.8, 4) is 0 Å². The van der Waals surface area contributed by atoms with E-state index >= 15 is 0 Å². The molecule has 0 aliphatic rings. The molecule has 18 heavy (non-hydrogen) atoms. The highest BCUT2D eigenvalue weighted by atomic mass is 32.2. The first-order valence-electron chi connectivity index (χ1n) is 5.10. The van der Waals surface area contributed by atoms with Crippen LogP contribution in [0, 0.1) is 6.92 Å². The minimum atomic E-state index is -3.71. The van der Waals surface area contributed by atoms with Crippen molar-refractivity contribution in [2.24, 2.45) is 5.73 Å². The average Bonchev–Trinajstić information content (AvgIpc) is 2.72. The zero-order valence-corrected chi connectivity index (χ0v) is 10.4. The van der Waals surface area contributed by atoms with Crippen LogP contribution in [0.2, 0.25) is 0 Å². The summed E-state index contributed by atoms with van der Waals surface area (Å²) in [5.74, 6) is 0.706. The Morgan fingerprint density at radius 2 is 2.06 bits per heavy atom. The predicted molar refractivity (Wildman–Crippen MR) is 64.2 cm³/mol. The maximum atomic E-state index is 12.1. The lowest BCUT2D eigenvalue weighted by molar-refractivity contribution is 0.479. The van der Waals surface area contributed by atoms with Gasteiger partial charge in [0.05, 0.1) is 24.6 Å². The Morgan fingerprint density at radius 1 is 1.39 bits per heavy atom. The van der Waals surface area contributed by atoms with Crippen LogP contribution in [-0.4, -0.2) is 18.4 Å². The lowest BCUT2D eigenvalue weighted by atomic mass is 10.4. The SMILES string of the molecule is Cc1oc(CN)cc1S(=O)(=O)Nc1cncnc1. The van der Waals surface area contributed by atoms with E-state index in [4.69, 9.17) is 10.2 Å². The summed E-state index contributed by atoms with van der Waals surface area (Å²) >= 11 is 0. The molecule has 0 aliphatic heterocycles. The Kier molecular flexibility index (Phi) is 3.30. The normalized spacial score (nSPS) is 11.4. The smallest absolute Gasteiger partial charge is 0.265 e. The Hall–Kier alpha value is -1.93. The third kappa shape index (κ3) is 2.49. The molecule has 0 amide bonds. The number of aryl methyl sites for hydroxylation is 1. The van der Waals surface area contributed by atoms with Crippen LogP contribution in [0.4, 0.5) is 5.69 Å². The largest absolute Gasteiger partial charge is 0.464 e. The van der Waals surface area contributed by atoms with Gasteiger partial charge in [-0.3, -0.25) is 4.72 Å². The van der Waals surface area contributed by atoms with Crippen LogP contribution >= 0.6 is 0 Å². The van der Waals surface area contributed by atoms with Crippen molar-refractivity contribution in [3.05, 3.63) is 36.3 Å². The maximum Gasteiger partial charge on any atom is 0.265 e. The van der Waals surface area contributed by atoms with Crippen molar-refractivity contribution in [2.75, 3.05) is 4.72 Å². The summed E-state index contributed by atoms with van der Waals surface area (Å²) in [7, 11) is -3.71. The van der Waals surface area contributed by atoms with Crippen LogP contribution in [0.1, 0.15) is 11.5 Å². The van der Waals surface area contributed by atoms with E-state index in [0.717, 1.165) is 0 Å². The zero-order valence-electron chi connectivity index (χ0n) is 9.62. The molecule has 96 valence electrons. The van der Waals surface area contributed by atoms with Gasteiger partial charge in [0, 0.05) is 6.07 Å². The van der Waals surface area contributed by atoms with E-state index in [-0.39, 0.29) is 17.1 Å². The minimum absolute atomic E-state index is 0.0619. The predicted octanol–water partition coefficient (Wildman–Crippen LogP) is 0.638. The fourth-order valence-electron chi connectivity index (χ4n) is 1.45. The highest BCUT2D eigenvalue weighted by Crippen LogP contribution is 2.22. The van der Waals surface area contributed by atoms with Gasteiger partial charge in [-0.2, -0.15) is 0 Å². The van der Waals surface area contributed by atoms with Gasteiger partial charge in [0.1, 0.15) is 22.7 Å². The molecule has 0 aliphatic carbocycles. The number of rotatable bonds is 4. The number of furan rings is 1. The standard InChI is InChI=1S/C10H12N4O3S/c1-7-10(2-9(3-11)17-7)18(15,16)14-8-4-12-6-13-5-8/h2,4-6,14H,3,11H2,1H3. The molecule has 0 aromatic carbocycles. The quantitative estimate of drug-likeness (QED) is 0.841. The molecule has 7 nitrogen and oxygen atoms in total. The first kappa shape index (κ1) is 12.5. The summed E-state index contributed by atoms with van der Waals surface area (Å²) in [5.41, 5.74) is 5.68. The molecule has 0 spiro atoms. The molecule has 0 atom stereocenters. The summed E-state index contributed by atoms with van der Waals surface area (Å²) in [5, 5.41) is 0. The second-order valence-corrected chi connectivity index (χ2v) is 5.22. The Balaban J connectivity index is 2.34. The van der Waals surface area contributed by atoms with E-state index in [2.05, 4.69) is 14.7 Å². The number of hydrogen-bond acceptors (Lipinski definition) is 6. The van der Waals surface area contributed by atoms with Gasteiger partial charge in [-0.1, -0.05) is 0 Å². The summed E-state index contributed by atoms with van der Waals surface area (Å²) in [4.78, 5) is 7.51. The van der Waals surface area contributed by atoms with Crippen molar-refractivity contribution in [1.82, 2.24) is 9.97 Å². The van der Waals surface area contributed by atoms with Crippen molar-refractivity contribution in [3.63, 3.8) is 0 Å². The van der Waals surface area contributed by atoms with Crippen LogP contribution in [0.3, 0.4) is 0 Å². The van der Waals surface area contributed by atoms with Gasteiger partial charge in [-0.05, 0) is 6.92 Å². The molecule has 2 heterocycles. The topological polar surface area (TPSA) is 111 Å². The fraction of sp³-hybridized carbons (Fsp3) is 0.200. The molecular weight excluding hydrogens is 256 g/mol. The van der Waals surface area contributed by atoms with Gasteiger partial charge < -0.3 is 10.2 Å². The number of sulfonamides is 1. The molecular formula is C10H12N4O3S. The lowest BCUT2D eigenvalue weighted by Gasteiger charge is -2.05. The molecule has 2 aromatic rings. The molecule has 8 heteroatoms. The van der Waals surface area contributed by atoms with Crippen LogP contribution in [0.5, 0.6) is 0 Å². The minimum Gasteiger partial charge on any atom is -0.464 e. The molecule has 3 N–H and O–H groups in total. The van der Waals surface area contributed by atoms with Crippen molar-refractivity contribution in [2.45, 2.75) is 18.4 Å². The first-order valence-corrected chi connectivity index (χ1v) is 6.58. The monoisotopic (exact) mass is 268 g/mol. The van der Waals surface area contributed by atoms with Gasteiger partial charge in [0.15, 0.2) is 0 Å².